The Morgan fingerprint density at radius 3 is 1.01 bits per heavy atom. The second-order valence-corrected chi connectivity index (χ2v) is 20.8. The fraction of sp³-hybridized carbons (Fsp3) is 0. The van der Waals surface area contributed by atoms with Gasteiger partial charge in [0.2, 0.25) is 0 Å². The molecule has 17 rings (SSSR count). The van der Waals surface area contributed by atoms with Crippen molar-refractivity contribution in [3.8, 4) is 66.8 Å². The third kappa shape index (κ3) is 5.57. The Bertz CT molecular complexity index is 5100. The first kappa shape index (κ1) is 41.6. The van der Waals surface area contributed by atoms with Crippen molar-refractivity contribution in [1.82, 2.24) is 0 Å². The Hall–Kier alpha value is -9.88. The Balaban J connectivity index is 1.19. The maximum atomic E-state index is 2.49. The lowest BCUT2D eigenvalue weighted by atomic mass is 9.78. The molecule has 0 saturated carbocycles. The molecule has 348 valence electrons. The minimum absolute atomic E-state index is 1.21. The van der Waals surface area contributed by atoms with Gasteiger partial charge in [-0.25, -0.2) is 0 Å². The fourth-order valence-corrected chi connectivity index (χ4v) is 14.2. The van der Waals surface area contributed by atoms with E-state index in [1.54, 1.807) is 0 Å². The molecule has 17 aromatic carbocycles. The van der Waals surface area contributed by atoms with Crippen molar-refractivity contribution in [2.45, 2.75) is 0 Å². The van der Waals surface area contributed by atoms with Gasteiger partial charge in [0, 0.05) is 0 Å². The first-order valence-electron chi connectivity index (χ1n) is 26.6. The van der Waals surface area contributed by atoms with E-state index in [4.69, 9.17) is 0 Å². The van der Waals surface area contributed by atoms with Crippen molar-refractivity contribution in [3.63, 3.8) is 0 Å². The smallest absolute Gasteiger partial charge is 0.000695 e. The molecule has 0 heterocycles. The van der Waals surface area contributed by atoms with Crippen molar-refractivity contribution in [2.75, 3.05) is 0 Å². The van der Waals surface area contributed by atoms with Crippen molar-refractivity contribution in [2.24, 2.45) is 0 Å². The molecule has 0 aliphatic carbocycles. The van der Waals surface area contributed by atoms with Gasteiger partial charge in [-0.15, -0.1) is 0 Å². The summed E-state index contributed by atoms with van der Waals surface area (Å²) in [5, 5.41) is 26.1. The van der Waals surface area contributed by atoms with E-state index < -0.39 is 0 Å². The third-order valence-corrected chi connectivity index (χ3v) is 17.1. The molecule has 0 atom stereocenters. The van der Waals surface area contributed by atoms with Crippen LogP contribution in [0.25, 0.3) is 174 Å². The molecule has 0 aliphatic rings. The maximum Gasteiger partial charge on any atom is -0.000695 e. The molecule has 0 spiro atoms. The predicted octanol–water partition coefficient (Wildman–Crippen LogP) is 21.5. The van der Waals surface area contributed by atoms with Gasteiger partial charge in [0.05, 0.1) is 0 Å². The van der Waals surface area contributed by atoms with Crippen molar-refractivity contribution in [3.05, 3.63) is 267 Å². The van der Waals surface area contributed by atoms with E-state index in [1.807, 2.05) is 0 Å². The van der Waals surface area contributed by atoms with Crippen LogP contribution in [-0.2, 0) is 0 Å². The third-order valence-electron chi connectivity index (χ3n) is 17.1. The Morgan fingerprint density at radius 1 is 0.132 bits per heavy atom. The summed E-state index contributed by atoms with van der Waals surface area (Å²) >= 11 is 0. The Kier molecular flexibility index (Phi) is 8.65. The van der Waals surface area contributed by atoms with Crippen LogP contribution in [0.15, 0.2) is 267 Å². The minimum atomic E-state index is 1.21. The molecule has 0 amide bonds. The Morgan fingerprint density at radius 2 is 0.461 bits per heavy atom. The highest BCUT2D eigenvalue weighted by Crippen LogP contribution is 2.59. The summed E-state index contributed by atoms with van der Waals surface area (Å²) in [4.78, 5) is 0. The molecule has 76 heavy (non-hydrogen) atoms. The second-order valence-electron chi connectivity index (χ2n) is 20.8. The molecular weight excluding hydrogens is 913 g/mol. The summed E-state index contributed by atoms with van der Waals surface area (Å²) in [5.41, 5.74) is 14.9. The number of fused-ring (bicyclic) bond motifs is 10. The number of benzene rings is 15. The van der Waals surface area contributed by atoms with E-state index in [1.165, 1.54) is 174 Å². The molecule has 0 fully saturated rings. The summed E-state index contributed by atoms with van der Waals surface area (Å²) in [7, 11) is 0. The van der Waals surface area contributed by atoms with Gasteiger partial charge < -0.3 is 0 Å². The van der Waals surface area contributed by atoms with Crippen molar-refractivity contribution < 1.29 is 0 Å². The SMILES string of the molecule is c1ccc(-c2ccccc2-c2c3cccc4c3c(c3ccc(-c5ccccc5)c5c(-c6ccccc6)c6c7ccc(-c8ccccc8)c8c(-c9ccccc9)ccc(c87)c6c4c53)c3c4cccc5cccc(c23)c54)cc1. The first-order chi connectivity index (χ1) is 37.8. The quantitative estimate of drug-likeness (QED) is 0.115. The van der Waals surface area contributed by atoms with Gasteiger partial charge in [0.25, 0.3) is 0 Å². The monoisotopic (exact) mass is 956 g/mol. The molecule has 0 N–H and O–H groups in total. The van der Waals surface area contributed by atoms with Crippen LogP contribution in [0.1, 0.15) is 0 Å². The lowest BCUT2D eigenvalue weighted by Gasteiger charge is -2.24. The largest absolute Gasteiger partial charge is 0.0622 e. The van der Waals surface area contributed by atoms with Crippen LogP contribution in [0, 0.1) is 0 Å². The van der Waals surface area contributed by atoms with Crippen LogP contribution < -0.4 is 0 Å². The zero-order valence-corrected chi connectivity index (χ0v) is 41.4. The lowest BCUT2D eigenvalue weighted by molar-refractivity contribution is 1.61. The highest BCUT2D eigenvalue weighted by molar-refractivity contribution is 6.54. The predicted molar refractivity (Wildman–Crippen MR) is 328 cm³/mol. The average molecular weight is 957 g/mol. The summed E-state index contributed by atoms with van der Waals surface area (Å²) in [6, 6.07) is 100. The van der Waals surface area contributed by atoms with Crippen molar-refractivity contribution >= 4 is 108 Å². The van der Waals surface area contributed by atoms with Gasteiger partial charge >= 0.3 is 0 Å². The lowest BCUT2D eigenvalue weighted by Crippen LogP contribution is -1.95. The molecule has 0 radical (unpaired) electrons. The topological polar surface area (TPSA) is 0 Å². The Labute approximate surface area is 439 Å². The number of hydrogen-bond acceptors (Lipinski definition) is 0. The van der Waals surface area contributed by atoms with Crippen LogP contribution in [0.3, 0.4) is 0 Å². The molecule has 0 unspecified atom stereocenters. The normalized spacial score (nSPS) is 12.2. The van der Waals surface area contributed by atoms with Gasteiger partial charge in [0.1, 0.15) is 0 Å². The fourth-order valence-electron chi connectivity index (χ4n) is 14.2. The molecule has 17 aromatic rings. The maximum absolute atomic E-state index is 2.49. The average Bonchev–Trinajstić information content (AvgIpc) is 4.20. The van der Waals surface area contributed by atoms with E-state index in [0.29, 0.717) is 0 Å². The number of hydrogen-bond donors (Lipinski definition) is 0. The van der Waals surface area contributed by atoms with Crippen molar-refractivity contribution in [1.29, 1.82) is 0 Å². The van der Waals surface area contributed by atoms with Gasteiger partial charge in [-0.3, -0.25) is 0 Å². The van der Waals surface area contributed by atoms with E-state index in [0.717, 1.165) is 0 Å². The van der Waals surface area contributed by atoms with E-state index in [9.17, 15) is 0 Å². The summed E-state index contributed by atoms with van der Waals surface area (Å²) in [6.07, 6.45) is 0. The van der Waals surface area contributed by atoms with Crippen LogP contribution >= 0.6 is 0 Å². The minimum Gasteiger partial charge on any atom is -0.0622 e. The second kappa shape index (κ2) is 15.8. The van der Waals surface area contributed by atoms with E-state index in [-0.39, 0.29) is 0 Å². The van der Waals surface area contributed by atoms with Gasteiger partial charge in [-0.2, -0.15) is 0 Å². The molecule has 0 aromatic heterocycles. The standard InChI is InChI=1S/C76H44/c1-6-21-45(22-7-1)51-33-16-17-34-55(51)66-58-37-20-38-59-68(58)72(73-57-36-19-32-49-31-18-35-56(63(49)57)71(66)73)62-44-41-54(48-27-12-4-13-28-48)69-64(50-29-14-5-15-30-50)70-60-42-39-52(46-23-8-2-9-24-46)65-53(47-25-10-3-11-26-47)40-43-61(67(60)65)75(70)74(59)76(62)69/h1-44H. The molecule has 0 heteroatoms. The van der Waals surface area contributed by atoms with E-state index >= 15 is 0 Å². The molecular formula is C76H44. The summed E-state index contributed by atoms with van der Waals surface area (Å²) in [5.74, 6) is 0. The highest BCUT2D eigenvalue weighted by Gasteiger charge is 2.31. The molecule has 0 nitrogen and oxygen atoms in total. The molecule has 0 bridgehead atoms. The highest BCUT2D eigenvalue weighted by atomic mass is 14.3. The summed E-state index contributed by atoms with van der Waals surface area (Å²) < 4.78 is 0. The summed E-state index contributed by atoms with van der Waals surface area (Å²) in [6.45, 7) is 0. The number of rotatable bonds is 6. The van der Waals surface area contributed by atoms with Gasteiger partial charge in [-0.1, -0.05) is 267 Å². The zero-order chi connectivity index (χ0) is 49.6. The molecule has 0 aliphatic heterocycles. The first-order valence-corrected chi connectivity index (χ1v) is 26.6. The van der Waals surface area contributed by atoms with Crippen LogP contribution in [0.2, 0.25) is 0 Å². The van der Waals surface area contributed by atoms with Gasteiger partial charge in [0.15, 0.2) is 0 Å². The zero-order valence-electron chi connectivity index (χ0n) is 41.4. The van der Waals surface area contributed by atoms with Crippen LogP contribution in [0.4, 0.5) is 0 Å². The van der Waals surface area contributed by atoms with E-state index in [2.05, 4.69) is 267 Å². The molecule has 0 saturated heterocycles. The van der Waals surface area contributed by atoms with Crippen LogP contribution in [0.5, 0.6) is 0 Å². The van der Waals surface area contributed by atoms with Gasteiger partial charge in [-0.05, 0) is 174 Å². The van der Waals surface area contributed by atoms with Crippen LogP contribution in [-0.4, -0.2) is 0 Å².